The number of amides is 1. The highest BCUT2D eigenvalue weighted by molar-refractivity contribution is 7.15. The predicted octanol–water partition coefficient (Wildman–Crippen LogP) is -0.213. The summed E-state index contributed by atoms with van der Waals surface area (Å²) in [6, 6.07) is 0. The molecule has 0 atom stereocenters. The SMILES string of the molecule is Cc1nnc(NC(=O)C2=NCCN2)s1. The van der Waals surface area contributed by atoms with Crippen LogP contribution in [-0.2, 0) is 4.79 Å². The number of carbonyl (C=O) groups excluding carboxylic acids is 1. The Bertz CT molecular complexity index is 385. The molecule has 2 N–H and O–H groups in total. The van der Waals surface area contributed by atoms with Crippen molar-refractivity contribution in [2.75, 3.05) is 18.4 Å². The zero-order valence-electron chi connectivity index (χ0n) is 7.57. The number of aliphatic imine (C=N–C) groups is 1. The van der Waals surface area contributed by atoms with E-state index in [4.69, 9.17) is 0 Å². The van der Waals surface area contributed by atoms with E-state index < -0.39 is 0 Å². The number of hydrogen-bond donors (Lipinski definition) is 2. The minimum Gasteiger partial charge on any atom is -0.364 e. The molecule has 1 aromatic rings. The van der Waals surface area contributed by atoms with E-state index in [-0.39, 0.29) is 5.91 Å². The van der Waals surface area contributed by atoms with Crippen molar-refractivity contribution in [2.45, 2.75) is 6.92 Å². The van der Waals surface area contributed by atoms with Crippen LogP contribution < -0.4 is 10.6 Å². The molecule has 1 aliphatic rings. The molecule has 7 heteroatoms. The molecule has 1 amide bonds. The van der Waals surface area contributed by atoms with Crippen LogP contribution in [0.5, 0.6) is 0 Å². The first-order valence-corrected chi connectivity index (χ1v) is 4.97. The van der Waals surface area contributed by atoms with Crippen LogP contribution in [0.2, 0.25) is 0 Å². The van der Waals surface area contributed by atoms with Crippen LogP contribution in [0.1, 0.15) is 5.01 Å². The number of carbonyl (C=O) groups is 1. The highest BCUT2D eigenvalue weighted by Crippen LogP contribution is 2.13. The maximum Gasteiger partial charge on any atom is 0.292 e. The molecular weight excluding hydrogens is 202 g/mol. The minimum absolute atomic E-state index is 0.251. The highest BCUT2D eigenvalue weighted by atomic mass is 32.1. The maximum absolute atomic E-state index is 11.5. The lowest BCUT2D eigenvalue weighted by atomic mass is 10.5. The van der Waals surface area contributed by atoms with Crippen molar-refractivity contribution in [3.8, 4) is 0 Å². The number of aromatic nitrogens is 2. The van der Waals surface area contributed by atoms with Crippen LogP contribution in [0.25, 0.3) is 0 Å². The van der Waals surface area contributed by atoms with E-state index in [0.717, 1.165) is 11.6 Å². The van der Waals surface area contributed by atoms with E-state index in [2.05, 4.69) is 25.8 Å². The quantitative estimate of drug-likeness (QED) is 0.709. The van der Waals surface area contributed by atoms with Crippen molar-refractivity contribution in [3.63, 3.8) is 0 Å². The van der Waals surface area contributed by atoms with E-state index in [0.29, 0.717) is 17.5 Å². The van der Waals surface area contributed by atoms with Crippen LogP contribution >= 0.6 is 11.3 Å². The van der Waals surface area contributed by atoms with E-state index in [9.17, 15) is 4.79 Å². The summed E-state index contributed by atoms with van der Waals surface area (Å²) < 4.78 is 0. The third-order valence-corrected chi connectivity index (χ3v) is 2.39. The molecule has 2 heterocycles. The van der Waals surface area contributed by atoms with Gasteiger partial charge in [-0.3, -0.25) is 15.1 Å². The van der Waals surface area contributed by atoms with Gasteiger partial charge in [-0.2, -0.15) is 0 Å². The number of amidine groups is 1. The van der Waals surface area contributed by atoms with Crippen molar-refractivity contribution in [1.82, 2.24) is 15.5 Å². The number of nitrogens with one attached hydrogen (secondary N) is 2. The zero-order valence-corrected chi connectivity index (χ0v) is 8.39. The van der Waals surface area contributed by atoms with Gasteiger partial charge in [0, 0.05) is 6.54 Å². The summed E-state index contributed by atoms with van der Waals surface area (Å²) in [5.74, 6) is 0.122. The molecule has 2 rings (SSSR count). The van der Waals surface area contributed by atoms with E-state index >= 15 is 0 Å². The summed E-state index contributed by atoms with van der Waals surface area (Å²) in [4.78, 5) is 15.4. The molecule has 74 valence electrons. The second-order valence-corrected chi connectivity index (χ2v) is 3.92. The van der Waals surface area contributed by atoms with E-state index in [1.165, 1.54) is 11.3 Å². The average Bonchev–Trinajstić information content (AvgIpc) is 2.75. The Morgan fingerprint density at radius 1 is 1.57 bits per heavy atom. The summed E-state index contributed by atoms with van der Waals surface area (Å²) in [6.45, 7) is 3.20. The fraction of sp³-hybridized carbons (Fsp3) is 0.429. The molecule has 0 aliphatic carbocycles. The van der Waals surface area contributed by atoms with Gasteiger partial charge in [0.15, 0.2) is 5.84 Å². The molecule has 1 aromatic heterocycles. The molecule has 0 bridgehead atoms. The summed E-state index contributed by atoms with van der Waals surface area (Å²) >= 11 is 1.34. The molecule has 0 radical (unpaired) electrons. The van der Waals surface area contributed by atoms with Crippen molar-refractivity contribution in [2.24, 2.45) is 4.99 Å². The first kappa shape index (κ1) is 9.07. The van der Waals surface area contributed by atoms with Gasteiger partial charge in [0.1, 0.15) is 5.01 Å². The minimum atomic E-state index is -0.251. The molecule has 0 saturated carbocycles. The number of hydrogen-bond acceptors (Lipinski definition) is 6. The number of nitrogens with zero attached hydrogens (tertiary/aromatic N) is 3. The first-order valence-electron chi connectivity index (χ1n) is 4.15. The molecule has 14 heavy (non-hydrogen) atoms. The Balaban J connectivity index is 2.01. The maximum atomic E-state index is 11.5. The Morgan fingerprint density at radius 3 is 3.00 bits per heavy atom. The van der Waals surface area contributed by atoms with Crippen LogP contribution in [0.4, 0.5) is 5.13 Å². The van der Waals surface area contributed by atoms with E-state index in [1.807, 2.05) is 6.92 Å². The lowest BCUT2D eigenvalue weighted by Crippen LogP contribution is -2.32. The van der Waals surface area contributed by atoms with Gasteiger partial charge in [-0.1, -0.05) is 11.3 Å². The number of anilines is 1. The Labute approximate surface area is 84.5 Å². The fourth-order valence-corrected chi connectivity index (χ4v) is 1.64. The van der Waals surface area contributed by atoms with Crippen LogP contribution in [0.15, 0.2) is 4.99 Å². The van der Waals surface area contributed by atoms with Crippen molar-refractivity contribution in [1.29, 1.82) is 0 Å². The molecule has 0 aromatic carbocycles. The van der Waals surface area contributed by atoms with Gasteiger partial charge in [0.25, 0.3) is 5.91 Å². The average molecular weight is 211 g/mol. The van der Waals surface area contributed by atoms with Gasteiger partial charge in [-0.05, 0) is 6.92 Å². The summed E-state index contributed by atoms with van der Waals surface area (Å²) in [7, 11) is 0. The molecule has 1 aliphatic heterocycles. The molecular formula is C7H9N5OS. The van der Waals surface area contributed by atoms with Crippen molar-refractivity contribution in [3.05, 3.63) is 5.01 Å². The smallest absolute Gasteiger partial charge is 0.292 e. The molecule has 0 unspecified atom stereocenters. The third kappa shape index (κ3) is 1.87. The topological polar surface area (TPSA) is 79.3 Å². The highest BCUT2D eigenvalue weighted by Gasteiger charge is 2.15. The summed E-state index contributed by atoms with van der Waals surface area (Å²) in [5, 5.41) is 14.4. The van der Waals surface area contributed by atoms with Gasteiger partial charge in [0.2, 0.25) is 5.13 Å². The standard InChI is InChI=1S/C7H9N5OS/c1-4-11-12-7(14-4)10-6(13)5-8-2-3-9-5/h2-3H2,1H3,(H,8,9)(H,10,12,13). The second kappa shape index (κ2) is 3.70. The monoisotopic (exact) mass is 211 g/mol. The van der Waals surface area contributed by atoms with Gasteiger partial charge < -0.3 is 5.32 Å². The predicted molar refractivity (Wildman–Crippen MR) is 53.6 cm³/mol. The number of rotatable bonds is 2. The fourth-order valence-electron chi connectivity index (χ4n) is 1.05. The van der Waals surface area contributed by atoms with Gasteiger partial charge >= 0.3 is 0 Å². The van der Waals surface area contributed by atoms with Gasteiger partial charge in [-0.15, -0.1) is 10.2 Å². The van der Waals surface area contributed by atoms with Crippen LogP contribution in [0, 0.1) is 6.92 Å². The molecule has 6 nitrogen and oxygen atoms in total. The summed E-state index contributed by atoms with van der Waals surface area (Å²) in [5.41, 5.74) is 0. The lowest BCUT2D eigenvalue weighted by molar-refractivity contribution is -0.110. The zero-order chi connectivity index (χ0) is 9.97. The molecule has 0 fully saturated rings. The first-order chi connectivity index (χ1) is 6.75. The van der Waals surface area contributed by atoms with Gasteiger partial charge in [0.05, 0.1) is 6.54 Å². The largest absolute Gasteiger partial charge is 0.364 e. The Kier molecular flexibility index (Phi) is 2.40. The third-order valence-electron chi connectivity index (χ3n) is 1.64. The lowest BCUT2D eigenvalue weighted by Gasteiger charge is -1.99. The normalized spacial score (nSPS) is 14.8. The van der Waals surface area contributed by atoms with E-state index in [1.54, 1.807) is 0 Å². The summed E-state index contributed by atoms with van der Waals surface area (Å²) in [6.07, 6.45) is 0. The van der Waals surface area contributed by atoms with Crippen LogP contribution in [0.3, 0.4) is 0 Å². The van der Waals surface area contributed by atoms with Gasteiger partial charge in [-0.25, -0.2) is 0 Å². The molecule has 0 spiro atoms. The Morgan fingerprint density at radius 2 is 2.43 bits per heavy atom. The van der Waals surface area contributed by atoms with Crippen molar-refractivity contribution < 1.29 is 4.79 Å². The van der Waals surface area contributed by atoms with Crippen LogP contribution in [-0.4, -0.2) is 35.0 Å². The Hall–Kier alpha value is -1.50. The second-order valence-electron chi connectivity index (χ2n) is 2.74. The molecule has 0 saturated heterocycles. The van der Waals surface area contributed by atoms with Crippen molar-refractivity contribution >= 4 is 28.2 Å². The number of aryl methyl sites for hydroxylation is 1.